The standard InChI is InChI=1S/C18H22N2O3/c1-23-17-7-6-14-9-13(4-5-15(14)10-17)11-19-18(22)20-8-2-3-16(21)12-20/h4-7,9-10,16,21H,2-3,8,11-12H2,1H3,(H,19,22). The zero-order chi connectivity index (χ0) is 16.2. The first kappa shape index (κ1) is 15.6. The fraction of sp³-hybridized carbons (Fsp3) is 0.389. The quantitative estimate of drug-likeness (QED) is 0.915. The number of carbonyl (C=O) groups is 1. The Bertz CT molecular complexity index is 702. The number of urea groups is 1. The molecule has 122 valence electrons. The zero-order valence-corrected chi connectivity index (χ0v) is 13.3. The number of amides is 2. The van der Waals surface area contributed by atoms with E-state index in [0.29, 0.717) is 19.6 Å². The molecule has 0 radical (unpaired) electrons. The van der Waals surface area contributed by atoms with Gasteiger partial charge in [0.1, 0.15) is 5.75 Å². The van der Waals surface area contributed by atoms with E-state index in [4.69, 9.17) is 4.74 Å². The SMILES string of the molecule is COc1ccc2cc(CNC(=O)N3CCCC(O)C3)ccc2c1. The van der Waals surface area contributed by atoms with Gasteiger partial charge in [-0.25, -0.2) is 4.79 Å². The monoisotopic (exact) mass is 314 g/mol. The molecule has 1 atom stereocenters. The lowest BCUT2D eigenvalue weighted by atomic mass is 10.1. The second-order valence-corrected chi connectivity index (χ2v) is 5.95. The molecule has 1 saturated heterocycles. The summed E-state index contributed by atoms with van der Waals surface area (Å²) in [6, 6.07) is 11.9. The van der Waals surface area contributed by atoms with Crippen LogP contribution in [0.3, 0.4) is 0 Å². The summed E-state index contributed by atoms with van der Waals surface area (Å²) < 4.78 is 5.22. The Morgan fingerprint density at radius 2 is 2.09 bits per heavy atom. The van der Waals surface area contributed by atoms with E-state index in [1.165, 1.54) is 0 Å². The fourth-order valence-electron chi connectivity index (χ4n) is 2.94. The van der Waals surface area contributed by atoms with Crippen LogP contribution in [0, 0.1) is 0 Å². The molecule has 0 bridgehead atoms. The van der Waals surface area contributed by atoms with Gasteiger partial charge in [0, 0.05) is 19.6 Å². The van der Waals surface area contributed by atoms with Crippen molar-refractivity contribution in [1.29, 1.82) is 0 Å². The number of hydrogen-bond donors (Lipinski definition) is 2. The number of aliphatic hydroxyl groups is 1. The highest BCUT2D eigenvalue weighted by Gasteiger charge is 2.21. The maximum atomic E-state index is 12.2. The Morgan fingerprint density at radius 3 is 2.87 bits per heavy atom. The molecule has 0 spiro atoms. The van der Waals surface area contributed by atoms with E-state index >= 15 is 0 Å². The molecule has 3 rings (SSSR count). The minimum atomic E-state index is -0.398. The highest BCUT2D eigenvalue weighted by molar-refractivity contribution is 5.84. The van der Waals surface area contributed by atoms with Gasteiger partial charge in [-0.1, -0.05) is 18.2 Å². The van der Waals surface area contributed by atoms with E-state index in [0.717, 1.165) is 34.9 Å². The van der Waals surface area contributed by atoms with Gasteiger partial charge in [-0.2, -0.15) is 0 Å². The van der Waals surface area contributed by atoms with Crippen molar-refractivity contribution < 1.29 is 14.6 Å². The first-order valence-electron chi connectivity index (χ1n) is 7.93. The van der Waals surface area contributed by atoms with E-state index in [1.807, 2.05) is 30.3 Å². The Kier molecular flexibility index (Phi) is 4.67. The van der Waals surface area contributed by atoms with Crippen molar-refractivity contribution in [1.82, 2.24) is 10.2 Å². The van der Waals surface area contributed by atoms with Crippen LogP contribution in [-0.4, -0.2) is 42.3 Å². The Labute approximate surface area is 135 Å². The summed E-state index contributed by atoms with van der Waals surface area (Å²) in [6.07, 6.45) is 1.23. The van der Waals surface area contributed by atoms with Crippen molar-refractivity contribution in [2.75, 3.05) is 20.2 Å². The van der Waals surface area contributed by atoms with Crippen LogP contribution in [0.2, 0.25) is 0 Å². The van der Waals surface area contributed by atoms with Crippen molar-refractivity contribution in [3.8, 4) is 5.75 Å². The first-order valence-corrected chi connectivity index (χ1v) is 7.93. The molecular weight excluding hydrogens is 292 g/mol. The molecule has 5 nitrogen and oxygen atoms in total. The average Bonchev–Trinajstić information content (AvgIpc) is 2.59. The van der Waals surface area contributed by atoms with Crippen molar-refractivity contribution in [2.45, 2.75) is 25.5 Å². The largest absolute Gasteiger partial charge is 0.497 e. The third-order valence-electron chi connectivity index (χ3n) is 4.24. The number of piperidine rings is 1. The van der Waals surface area contributed by atoms with Gasteiger partial charge in [0.15, 0.2) is 0 Å². The number of hydrogen-bond acceptors (Lipinski definition) is 3. The highest BCUT2D eigenvalue weighted by atomic mass is 16.5. The van der Waals surface area contributed by atoms with Crippen LogP contribution in [0.15, 0.2) is 36.4 Å². The molecule has 1 fully saturated rings. The Morgan fingerprint density at radius 1 is 1.30 bits per heavy atom. The number of ether oxygens (including phenoxy) is 1. The molecule has 1 aliphatic heterocycles. The molecule has 0 aliphatic carbocycles. The number of β-amino-alcohol motifs (C(OH)–C–C–N with tert-alkyl or cyclic N) is 1. The third-order valence-corrected chi connectivity index (χ3v) is 4.24. The maximum Gasteiger partial charge on any atom is 0.317 e. The number of rotatable bonds is 3. The number of fused-ring (bicyclic) bond motifs is 1. The number of nitrogens with one attached hydrogen (secondary N) is 1. The fourth-order valence-corrected chi connectivity index (χ4v) is 2.94. The molecular formula is C18H22N2O3. The predicted octanol–water partition coefficient (Wildman–Crippen LogP) is 2.51. The minimum Gasteiger partial charge on any atom is -0.497 e. The van der Waals surface area contributed by atoms with Crippen molar-refractivity contribution in [3.05, 3.63) is 42.0 Å². The lowest BCUT2D eigenvalue weighted by molar-refractivity contribution is 0.0842. The Hall–Kier alpha value is -2.27. The minimum absolute atomic E-state index is 0.112. The lowest BCUT2D eigenvalue weighted by Gasteiger charge is -2.30. The molecule has 1 aliphatic rings. The van der Waals surface area contributed by atoms with Crippen LogP contribution in [-0.2, 0) is 6.54 Å². The van der Waals surface area contributed by atoms with E-state index in [-0.39, 0.29) is 6.03 Å². The normalized spacial score (nSPS) is 18.0. The van der Waals surface area contributed by atoms with E-state index in [9.17, 15) is 9.90 Å². The predicted molar refractivity (Wildman–Crippen MR) is 89.5 cm³/mol. The number of nitrogens with zero attached hydrogens (tertiary/aromatic N) is 1. The van der Waals surface area contributed by atoms with Crippen molar-refractivity contribution >= 4 is 16.8 Å². The molecule has 0 saturated carbocycles. The second kappa shape index (κ2) is 6.87. The van der Waals surface area contributed by atoms with Crippen LogP contribution in [0.5, 0.6) is 5.75 Å². The number of likely N-dealkylation sites (tertiary alicyclic amines) is 1. The van der Waals surface area contributed by atoms with Gasteiger partial charge in [-0.15, -0.1) is 0 Å². The van der Waals surface area contributed by atoms with Crippen molar-refractivity contribution in [2.24, 2.45) is 0 Å². The van der Waals surface area contributed by atoms with Crippen LogP contribution < -0.4 is 10.1 Å². The van der Waals surface area contributed by atoms with Gasteiger partial charge in [-0.05, 0) is 47.4 Å². The molecule has 5 heteroatoms. The van der Waals surface area contributed by atoms with Gasteiger partial charge in [0.05, 0.1) is 13.2 Å². The second-order valence-electron chi connectivity index (χ2n) is 5.95. The smallest absolute Gasteiger partial charge is 0.317 e. The van der Waals surface area contributed by atoms with Crippen LogP contribution in [0.1, 0.15) is 18.4 Å². The van der Waals surface area contributed by atoms with Gasteiger partial charge < -0.3 is 20.1 Å². The topological polar surface area (TPSA) is 61.8 Å². The molecule has 0 aromatic heterocycles. The van der Waals surface area contributed by atoms with Crippen LogP contribution in [0.25, 0.3) is 10.8 Å². The zero-order valence-electron chi connectivity index (χ0n) is 13.3. The van der Waals surface area contributed by atoms with E-state index in [2.05, 4.69) is 11.4 Å². The third kappa shape index (κ3) is 3.74. The van der Waals surface area contributed by atoms with Gasteiger partial charge in [0.25, 0.3) is 0 Å². The van der Waals surface area contributed by atoms with Crippen LogP contribution >= 0.6 is 0 Å². The number of aliphatic hydroxyl groups excluding tert-OH is 1. The molecule has 23 heavy (non-hydrogen) atoms. The van der Waals surface area contributed by atoms with Gasteiger partial charge in [-0.3, -0.25) is 0 Å². The molecule has 2 aromatic carbocycles. The summed E-state index contributed by atoms with van der Waals surface area (Å²) in [4.78, 5) is 13.8. The summed E-state index contributed by atoms with van der Waals surface area (Å²) in [5.74, 6) is 0.835. The summed E-state index contributed by atoms with van der Waals surface area (Å²) in [6.45, 7) is 1.61. The summed E-state index contributed by atoms with van der Waals surface area (Å²) in [5.41, 5.74) is 1.05. The molecule has 1 heterocycles. The van der Waals surface area contributed by atoms with Gasteiger partial charge >= 0.3 is 6.03 Å². The van der Waals surface area contributed by atoms with Crippen LogP contribution in [0.4, 0.5) is 4.79 Å². The molecule has 1 unspecified atom stereocenters. The first-order chi connectivity index (χ1) is 11.2. The van der Waals surface area contributed by atoms with E-state index in [1.54, 1.807) is 12.0 Å². The number of benzene rings is 2. The summed E-state index contributed by atoms with van der Waals surface area (Å²) in [7, 11) is 1.66. The Balaban J connectivity index is 1.63. The maximum absolute atomic E-state index is 12.2. The average molecular weight is 314 g/mol. The number of methoxy groups -OCH3 is 1. The molecule has 2 amide bonds. The summed E-state index contributed by atoms with van der Waals surface area (Å²) >= 11 is 0. The van der Waals surface area contributed by atoms with E-state index < -0.39 is 6.10 Å². The lowest BCUT2D eigenvalue weighted by Crippen LogP contribution is -2.46. The molecule has 2 aromatic rings. The van der Waals surface area contributed by atoms with Gasteiger partial charge in [0.2, 0.25) is 0 Å². The number of carbonyl (C=O) groups excluding carboxylic acids is 1. The molecule has 2 N–H and O–H groups in total. The summed E-state index contributed by atoms with van der Waals surface area (Å²) in [5, 5.41) is 14.8. The van der Waals surface area contributed by atoms with Crippen molar-refractivity contribution in [3.63, 3.8) is 0 Å². The highest BCUT2D eigenvalue weighted by Crippen LogP contribution is 2.22.